The first-order valence-electron chi connectivity index (χ1n) is 10.2. The molecule has 0 saturated heterocycles. The predicted octanol–water partition coefficient (Wildman–Crippen LogP) is 3.45. The van der Waals surface area contributed by atoms with Gasteiger partial charge in [-0.2, -0.15) is 0 Å². The summed E-state index contributed by atoms with van der Waals surface area (Å²) in [4.78, 5) is 26.8. The Labute approximate surface area is 182 Å². The quantitative estimate of drug-likeness (QED) is 0.542. The molecule has 0 aliphatic carbocycles. The maximum Gasteiger partial charge on any atom is 0.276 e. The van der Waals surface area contributed by atoms with Gasteiger partial charge in [-0.15, -0.1) is 0 Å². The van der Waals surface area contributed by atoms with Crippen LogP contribution in [0.5, 0.6) is 0 Å². The van der Waals surface area contributed by atoms with Crippen molar-refractivity contribution in [3.8, 4) is 11.3 Å². The van der Waals surface area contributed by atoms with Crippen LogP contribution in [0, 0.1) is 6.92 Å². The summed E-state index contributed by atoms with van der Waals surface area (Å²) in [5.41, 5.74) is 3.21. The zero-order chi connectivity index (χ0) is 22.1. The van der Waals surface area contributed by atoms with E-state index in [1.807, 2.05) is 61.5 Å². The summed E-state index contributed by atoms with van der Waals surface area (Å²) in [7, 11) is 1.57. The number of benzene rings is 2. The Hall–Kier alpha value is -3.45. The first kappa shape index (κ1) is 22.2. The second-order valence-electron chi connectivity index (χ2n) is 7.24. The number of hydrogen-bond donors (Lipinski definition) is 1. The highest BCUT2D eigenvalue weighted by atomic mass is 16.5. The number of aromatic nitrogens is 1. The summed E-state index contributed by atoms with van der Waals surface area (Å²) in [5, 5.41) is 6.82. The van der Waals surface area contributed by atoms with Crippen molar-refractivity contribution < 1.29 is 18.8 Å². The van der Waals surface area contributed by atoms with Crippen molar-refractivity contribution in [2.24, 2.45) is 0 Å². The molecule has 3 rings (SSSR count). The predicted molar refractivity (Wildman–Crippen MR) is 117 cm³/mol. The average molecular weight is 421 g/mol. The molecule has 1 heterocycles. The van der Waals surface area contributed by atoms with E-state index in [4.69, 9.17) is 9.26 Å². The summed E-state index contributed by atoms with van der Waals surface area (Å²) in [6.07, 6.45) is 0.185. The number of methoxy groups -OCH3 is 1. The number of amides is 2. The number of hydrogen-bond acceptors (Lipinski definition) is 5. The Kier molecular flexibility index (Phi) is 7.95. The van der Waals surface area contributed by atoms with Crippen molar-refractivity contribution in [3.05, 3.63) is 77.5 Å². The molecule has 7 nitrogen and oxygen atoms in total. The number of nitrogens with zero attached hydrogens (tertiary/aromatic N) is 2. The van der Waals surface area contributed by atoms with Crippen molar-refractivity contribution in [1.82, 2.24) is 15.4 Å². The van der Waals surface area contributed by atoms with Gasteiger partial charge in [0.05, 0.1) is 6.61 Å². The average Bonchev–Trinajstić information content (AvgIpc) is 3.29. The molecule has 0 aliphatic heterocycles. The molecular weight excluding hydrogens is 394 g/mol. The molecule has 0 atom stereocenters. The summed E-state index contributed by atoms with van der Waals surface area (Å²) in [5.74, 6) is 0.102. The van der Waals surface area contributed by atoms with Gasteiger partial charge in [-0.1, -0.05) is 65.3 Å². The van der Waals surface area contributed by atoms with E-state index in [0.717, 1.165) is 16.7 Å². The molecule has 3 aromatic rings. The van der Waals surface area contributed by atoms with Gasteiger partial charge in [0.15, 0.2) is 11.5 Å². The highest BCUT2D eigenvalue weighted by Gasteiger charge is 2.21. The van der Waals surface area contributed by atoms with Crippen molar-refractivity contribution in [1.29, 1.82) is 0 Å². The largest absolute Gasteiger partial charge is 0.383 e. The van der Waals surface area contributed by atoms with Crippen LogP contribution in [0.1, 0.15) is 28.0 Å². The van der Waals surface area contributed by atoms with Crippen LogP contribution >= 0.6 is 0 Å². The van der Waals surface area contributed by atoms with E-state index in [1.165, 1.54) is 0 Å². The van der Waals surface area contributed by atoms with Crippen LogP contribution in [0.25, 0.3) is 11.3 Å². The third-order valence-electron chi connectivity index (χ3n) is 4.86. The van der Waals surface area contributed by atoms with Gasteiger partial charge >= 0.3 is 0 Å². The molecule has 0 radical (unpaired) electrons. The SMILES string of the molecule is COCCN(CCC(=O)NCc1ccccc1)C(=O)c1cc(-c2ccc(C)cc2)on1. The topological polar surface area (TPSA) is 84.7 Å². The second kappa shape index (κ2) is 11.1. The molecule has 0 fully saturated rings. The minimum absolute atomic E-state index is 0.125. The number of rotatable bonds is 10. The van der Waals surface area contributed by atoms with Crippen LogP contribution in [0.2, 0.25) is 0 Å². The van der Waals surface area contributed by atoms with Crippen LogP contribution < -0.4 is 5.32 Å². The molecule has 0 aliphatic rings. The van der Waals surface area contributed by atoms with Crippen LogP contribution in [0.4, 0.5) is 0 Å². The van der Waals surface area contributed by atoms with Gasteiger partial charge in [-0.25, -0.2) is 0 Å². The fourth-order valence-corrected chi connectivity index (χ4v) is 3.03. The highest BCUT2D eigenvalue weighted by molar-refractivity contribution is 5.93. The van der Waals surface area contributed by atoms with E-state index < -0.39 is 0 Å². The Balaban J connectivity index is 1.59. The lowest BCUT2D eigenvalue weighted by molar-refractivity contribution is -0.121. The smallest absolute Gasteiger partial charge is 0.276 e. The molecule has 1 aromatic heterocycles. The normalized spacial score (nSPS) is 10.6. The van der Waals surface area contributed by atoms with Gasteiger partial charge in [0.1, 0.15) is 0 Å². The first-order chi connectivity index (χ1) is 15.1. The maximum atomic E-state index is 13.0. The number of nitrogens with one attached hydrogen (secondary N) is 1. The monoisotopic (exact) mass is 421 g/mol. The van der Waals surface area contributed by atoms with Crippen LogP contribution in [0.3, 0.4) is 0 Å². The number of ether oxygens (including phenoxy) is 1. The van der Waals surface area contributed by atoms with E-state index in [1.54, 1.807) is 18.1 Å². The van der Waals surface area contributed by atoms with Gasteiger partial charge < -0.3 is 19.5 Å². The lowest BCUT2D eigenvalue weighted by Crippen LogP contribution is -2.37. The Morgan fingerprint density at radius 3 is 2.52 bits per heavy atom. The van der Waals surface area contributed by atoms with E-state index in [-0.39, 0.29) is 30.5 Å². The first-order valence-corrected chi connectivity index (χ1v) is 10.2. The van der Waals surface area contributed by atoms with Gasteiger partial charge in [-0.05, 0) is 12.5 Å². The molecule has 1 N–H and O–H groups in total. The van der Waals surface area contributed by atoms with Gasteiger partial charge in [0.2, 0.25) is 5.91 Å². The standard InChI is InChI=1S/C24H27N3O4/c1-18-8-10-20(11-9-18)22-16-21(26-31-22)24(29)27(14-15-30-2)13-12-23(28)25-17-19-6-4-3-5-7-19/h3-11,16H,12-15,17H2,1-2H3,(H,25,28). The Morgan fingerprint density at radius 1 is 1.06 bits per heavy atom. The van der Waals surface area contributed by atoms with E-state index in [0.29, 0.717) is 25.5 Å². The van der Waals surface area contributed by atoms with E-state index in [2.05, 4.69) is 10.5 Å². The van der Waals surface area contributed by atoms with Crippen molar-refractivity contribution in [2.45, 2.75) is 19.9 Å². The highest BCUT2D eigenvalue weighted by Crippen LogP contribution is 2.21. The van der Waals surface area contributed by atoms with E-state index in [9.17, 15) is 9.59 Å². The van der Waals surface area contributed by atoms with Gasteiger partial charge in [-0.3, -0.25) is 9.59 Å². The lowest BCUT2D eigenvalue weighted by Gasteiger charge is -2.21. The number of carbonyl (C=O) groups excluding carboxylic acids is 2. The summed E-state index contributed by atoms with van der Waals surface area (Å²) in [6.45, 7) is 3.43. The van der Waals surface area contributed by atoms with Crippen molar-refractivity contribution in [2.75, 3.05) is 26.8 Å². The molecule has 2 aromatic carbocycles. The molecule has 7 heteroatoms. The molecule has 31 heavy (non-hydrogen) atoms. The molecule has 0 bridgehead atoms. The van der Waals surface area contributed by atoms with Gasteiger partial charge in [0, 0.05) is 44.8 Å². The summed E-state index contributed by atoms with van der Waals surface area (Å²) in [6, 6.07) is 19.1. The van der Waals surface area contributed by atoms with Gasteiger partial charge in [0.25, 0.3) is 5.91 Å². The molecule has 2 amide bonds. The van der Waals surface area contributed by atoms with Crippen LogP contribution in [-0.2, 0) is 16.1 Å². The van der Waals surface area contributed by atoms with Crippen molar-refractivity contribution in [3.63, 3.8) is 0 Å². The summed E-state index contributed by atoms with van der Waals surface area (Å²) >= 11 is 0. The number of aryl methyl sites for hydroxylation is 1. The zero-order valence-corrected chi connectivity index (χ0v) is 17.8. The Morgan fingerprint density at radius 2 is 1.81 bits per heavy atom. The fraction of sp³-hybridized carbons (Fsp3) is 0.292. The Bertz CT molecular complexity index is 984. The zero-order valence-electron chi connectivity index (χ0n) is 17.8. The molecule has 0 saturated carbocycles. The second-order valence-corrected chi connectivity index (χ2v) is 7.24. The van der Waals surface area contributed by atoms with E-state index >= 15 is 0 Å². The van der Waals surface area contributed by atoms with Crippen LogP contribution in [-0.4, -0.2) is 48.7 Å². The molecule has 0 unspecified atom stereocenters. The minimum atomic E-state index is -0.296. The third-order valence-corrected chi connectivity index (χ3v) is 4.86. The van der Waals surface area contributed by atoms with Crippen molar-refractivity contribution >= 4 is 11.8 Å². The van der Waals surface area contributed by atoms with Crippen LogP contribution in [0.15, 0.2) is 65.2 Å². The molecular formula is C24H27N3O4. The fourth-order valence-electron chi connectivity index (χ4n) is 3.03. The molecule has 162 valence electrons. The summed E-state index contributed by atoms with van der Waals surface area (Å²) < 4.78 is 10.5. The lowest BCUT2D eigenvalue weighted by atomic mass is 10.1. The maximum absolute atomic E-state index is 13.0. The number of carbonyl (C=O) groups is 2. The minimum Gasteiger partial charge on any atom is -0.383 e. The third kappa shape index (κ3) is 6.52. The molecule has 0 spiro atoms.